The fraction of sp³-hybridized carbons (Fsp3) is 0.321. The Kier molecular flexibility index (Phi) is 17.4. The molecular formula is C56H62N10O8S. The van der Waals surface area contributed by atoms with Crippen molar-refractivity contribution in [2.45, 2.75) is 71.7 Å². The Labute approximate surface area is 439 Å². The number of likely N-dealkylation sites (tertiary alicyclic amines) is 1. The van der Waals surface area contributed by atoms with E-state index in [0.29, 0.717) is 28.3 Å². The Morgan fingerprint density at radius 2 is 1.55 bits per heavy atom. The lowest BCUT2D eigenvalue weighted by molar-refractivity contribution is -0.144. The highest BCUT2D eigenvalue weighted by Gasteiger charge is 2.44. The Morgan fingerprint density at radius 1 is 0.827 bits per heavy atom. The number of nitrogens with one attached hydrogen (secondary N) is 6. The van der Waals surface area contributed by atoms with Gasteiger partial charge in [-0.1, -0.05) is 69.3 Å². The number of rotatable bonds is 21. The number of anilines is 3. The van der Waals surface area contributed by atoms with E-state index in [9.17, 15) is 29.1 Å². The predicted molar refractivity (Wildman–Crippen MR) is 288 cm³/mol. The number of para-hydroxylation sites is 1. The van der Waals surface area contributed by atoms with Crippen LogP contribution in [0.1, 0.15) is 78.6 Å². The molecule has 8 rings (SSSR count). The molecule has 4 aromatic carbocycles. The normalized spacial score (nSPS) is 15.3. The van der Waals surface area contributed by atoms with Crippen molar-refractivity contribution in [3.8, 4) is 21.7 Å². The number of nitrogens with zero attached hydrogens (tertiary/aromatic N) is 4. The van der Waals surface area contributed by atoms with Gasteiger partial charge in [-0.25, -0.2) is 15.0 Å². The number of aliphatic hydroxyl groups excluding tert-OH is 1. The number of hydrogen-bond acceptors (Lipinski definition) is 13. The number of H-pyrrole nitrogens is 1. The Balaban J connectivity index is 0.711. The van der Waals surface area contributed by atoms with E-state index < -0.39 is 35.4 Å². The van der Waals surface area contributed by atoms with Crippen LogP contribution < -0.4 is 26.6 Å². The Hall–Kier alpha value is -7.84. The summed E-state index contributed by atoms with van der Waals surface area (Å²) in [5, 5.41) is 26.5. The molecule has 4 heterocycles. The maximum absolute atomic E-state index is 14.1. The minimum atomic E-state index is -0.968. The first-order chi connectivity index (χ1) is 36.1. The fourth-order valence-electron chi connectivity index (χ4n) is 8.73. The third-order valence-electron chi connectivity index (χ3n) is 12.8. The van der Waals surface area contributed by atoms with E-state index in [0.717, 1.165) is 43.9 Å². The molecule has 0 saturated carbocycles. The van der Waals surface area contributed by atoms with Crippen molar-refractivity contribution in [3.63, 3.8) is 0 Å². The maximum Gasteiger partial charge on any atom is 0.255 e. The smallest absolute Gasteiger partial charge is 0.255 e. The van der Waals surface area contributed by atoms with Crippen molar-refractivity contribution in [1.82, 2.24) is 40.8 Å². The average Bonchev–Trinajstić information content (AvgIpc) is 4.15. The molecular weight excluding hydrogens is 973 g/mol. The molecule has 390 valence electrons. The molecule has 0 spiro atoms. The number of hydrogen-bond donors (Lipinski definition) is 7. The van der Waals surface area contributed by atoms with Crippen molar-refractivity contribution in [1.29, 1.82) is 0 Å². The average molecular weight is 1040 g/mol. The summed E-state index contributed by atoms with van der Waals surface area (Å²) >= 11 is 1.57. The Bertz CT molecular complexity index is 3120. The number of β-amino-alcohol motifs (C(OH)–C–C–N with tert-alkyl or cyclic N) is 1. The standard InChI is InChI=1S/C56H62N10O8S/c1-34(36-13-15-37(16-14-36)50-35(2)61-33-75-50)62-54(71)47-28-42(67)31-66(47)55(72)51(56(3,4)5)65-49(68)21-23-73-25-26-74-24-22-57-52(69)38-17-19-39(20-18-38)53(70)64-41-10-8-9-40(27-41)63-48-29-46(59-32-60-48)44-30-58-45-12-7-6-11-43(44)45/h6-20,27,29-30,32-34,42,47,51,58,67H,21-26,28,31H2,1-5H3,(H,57,69)(H,62,71)(H,64,70)(H,65,68)(H,59,60,63)/t34-,42+,47?,51+/m0/s1. The van der Waals surface area contributed by atoms with E-state index >= 15 is 0 Å². The number of carbonyl (C=O) groups excluding carboxylic acids is 5. The molecule has 4 atom stereocenters. The largest absolute Gasteiger partial charge is 0.391 e. The fourth-order valence-corrected chi connectivity index (χ4v) is 9.54. The van der Waals surface area contributed by atoms with Gasteiger partial charge >= 0.3 is 0 Å². The summed E-state index contributed by atoms with van der Waals surface area (Å²) in [6.07, 6.45) is 2.59. The van der Waals surface area contributed by atoms with Gasteiger partial charge in [-0.05, 0) is 78.9 Å². The van der Waals surface area contributed by atoms with Crippen molar-refractivity contribution in [3.05, 3.63) is 144 Å². The number of aryl methyl sites for hydroxylation is 1. The summed E-state index contributed by atoms with van der Waals surface area (Å²) in [6, 6.07) is 29.1. The zero-order valence-electron chi connectivity index (χ0n) is 42.5. The van der Waals surface area contributed by atoms with Gasteiger partial charge in [0.2, 0.25) is 17.7 Å². The van der Waals surface area contributed by atoms with Gasteiger partial charge < -0.3 is 51.0 Å². The first-order valence-corrected chi connectivity index (χ1v) is 25.7. The molecule has 19 heteroatoms. The molecule has 7 aromatic rings. The SMILES string of the molecule is Cc1ncsc1-c1ccc([C@H](C)NC(=O)C2C[C@@H](O)CN2C(=O)[C@@H](NC(=O)CCOCCOCCNC(=O)c2ccc(C(=O)Nc3cccc(Nc4cc(-c5c[nH]c6ccccc56)ncn4)c3)cc2)C(C)(C)C)cc1. The number of ether oxygens (including phenoxy) is 2. The molecule has 1 unspecified atom stereocenters. The lowest BCUT2D eigenvalue weighted by atomic mass is 9.85. The monoisotopic (exact) mass is 1030 g/mol. The van der Waals surface area contributed by atoms with Gasteiger partial charge in [0.15, 0.2) is 0 Å². The first-order valence-electron chi connectivity index (χ1n) is 24.8. The van der Waals surface area contributed by atoms with Crippen LogP contribution in [0.2, 0.25) is 0 Å². The van der Waals surface area contributed by atoms with E-state index in [2.05, 4.69) is 46.5 Å². The quantitative estimate of drug-likeness (QED) is 0.0345. The molecule has 1 fully saturated rings. The van der Waals surface area contributed by atoms with Gasteiger partial charge in [0.1, 0.15) is 24.2 Å². The minimum absolute atomic E-state index is 0.0217. The number of aliphatic hydroxyl groups is 1. The van der Waals surface area contributed by atoms with Gasteiger partial charge in [0.25, 0.3) is 11.8 Å². The summed E-state index contributed by atoms with van der Waals surface area (Å²) in [6.45, 7) is 10.2. The minimum Gasteiger partial charge on any atom is -0.391 e. The number of fused-ring (bicyclic) bond motifs is 1. The van der Waals surface area contributed by atoms with Crippen LogP contribution in [0.25, 0.3) is 32.6 Å². The van der Waals surface area contributed by atoms with E-state index in [-0.39, 0.29) is 76.1 Å². The number of thiazole rings is 1. The Morgan fingerprint density at radius 3 is 2.28 bits per heavy atom. The number of benzene rings is 4. The molecule has 0 bridgehead atoms. The van der Waals surface area contributed by atoms with Crippen molar-refractivity contribution >= 4 is 69.0 Å². The molecule has 3 aromatic heterocycles. The lowest BCUT2D eigenvalue weighted by Crippen LogP contribution is -2.58. The van der Waals surface area contributed by atoms with Crippen LogP contribution in [0.15, 0.2) is 121 Å². The van der Waals surface area contributed by atoms with E-state index in [1.54, 1.807) is 47.7 Å². The second-order valence-electron chi connectivity index (χ2n) is 19.4. The molecule has 0 aliphatic carbocycles. The molecule has 18 nitrogen and oxygen atoms in total. The molecule has 75 heavy (non-hydrogen) atoms. The molecule has 1 saturated heterocycles. The van der Waals surface area contributed by atoms with Crippen LogP contribution >= 0.6 is 11.3 Å². The van der Waals surface area contributed by atoms with Crippen molar-refractivity contribution < 1.29 is 38.6 Å². The summed E-state index contributed by atoms with van der Waals surface area (Å²) < 4.78 is 11.2. The topological polar surface area (TPSA) is 242 Å². The summed E-state index contributed by atoms with van der Waals surface area (Å²) in [4.78, 5) is 85.7. The summed E-state index contributed by atoms with van der Waals surface area (Å²) in [5.74, 6) is -1.31. The zero-order valence-corrected chi connectivity index (χ0v) is 43.3. The maximum atomic E-state index is 14.1. The summed E-state index contributed by atoms with van der Waals surface area (Å²) in [7, 11) is 0. The highest BCUT2D eigenvalue weighted by molar-refractivity contribution is 7.13. The van der Waals surface area contributed by atoms with Crippen LogP contribution in [0, 0.1) is 12.3 Å². The van der Waals surface area contributed by atoms with Gasteiger partial charge in [-0.2, -0.15) is 0 Å². The number of aromatic amines is 1. The third kappa shape index (κ3) is 13.9. The van der Waals surface area contributed by atoms with Crippen LogP contribution in [-0.2, 0) is 23.9 Å². The highest BCUT2D eigenvalue weighted by atomic mass is 32.1. The summed E-state index contributed by atoms with van der Waals surface area (Å²) in [5.41, 5.74) is 8.75. The second kappa shape index (κ2) is 24.5. The van der Waals surface area contributed by atoms with Gasteiger partial charge in [-0.3, -0.25) is 24.0 Å². The number of amides is 5. The number of aromatic nitrogens is 4. The predicted octanol–water partition coefficient (Wildman–Crippen LogP) is 7.58. The molecule has 5 amide bonds. The van der Waals surface area contributed by atoms with Gasteiger partial charge in [0.05, 0.1) is 60.3 Å². The molecule has 1 aliphatic heterocycles. The van der Waals surface area contributed by atoms with Gasteiger partial charge in [0, 0.05) is 77.2 Å². The van der Waals surface area contributed by atoms with Crippen LogP contribution in [0.4, 0.5) is 17.2 Å². The van der Waals surface area contributed by atoms with Crippen LogP contribution in [-0.4, -0.2) is 117 Å². The van der Waals surface area contributed by atoms with Crippen LogP contribution in [0.3, 0.4) is 0 Å². The van der Waals surface area contributed by atoms with E-state index in [1.807, 2.05) is 113 Å². The van der Waals surface area contributed by atoms with Crippen molar-refractivity contribution in [2.24, 2.45) is 5.41 Å². The third-order valence-corrected chi connectivity index (χ3v) is 13.7. The first kappa shape index (κ1) is 53.5. The van der Waals surface area contributed by atoms with E-state index in [1.165, 1.54) is 11.2 Å². The second-order valence-corrected chi connectivity index (χ2v) is 20.2. The highest BCUT2D eigenvalue weighted by Crippen LogP contribution is 2.31. The molecule has 0 radical (unpaired) electrons. The molecule has 1 aliphatic rings. The van der Waals surface area contributed by atoms with Gasteiger partial charge in [-0.15, -0.1) is 11.3 Å². The lowest BCUT2D eigenvalue weighted by Gasteiger charge is -2.35. The molecule has 7 N–H and O–H groups in total. The van der Waals surface area contributed by atoms with E-state index in [4.69, 9.17) is 9.47 Å². The zero-order chi connectivity index (χ0) is 53.1. The van der Waals surface area contributed by atoms with Crippen LogP contribution in [0.5, 0.6) is 0 Å². The van der Waals surface area contributed by atoms with Crippen molar-refractivity contribution in [2.75, 3.05) is 50.2 Å². The number of carbonyl (C=O) groups is 5.